The van der Waals surface area contributed by atoms with E-state index in [-0.39, 0.29) is 5.41 Å². The van der Waals surface area contributed by atoms with Gasteiger partial charge in [0.2, 0.25) is 0 Å². The summed E-state index contributed by atoms with van der Waals surface area (Å²) in [6.45, 7) is 6.39. The van der Waals surface area contributed by atoms with E-state index >= 15 is 0 Å². The van der Waals surface area contributed by atoms with Crippen molar-refractivity contribution in [2.24, 2.45) is 0 Å². The Hall–Kier alpha value is -0.730. The molecule has 86 valence electrons. The molecule has 0 N–H and O–H groups in total. The van der Waals surface area contributed by atoms with Crippen LogP contribution < -0.4 is 0 Å². The smallest absolute Gasteiger partial charge is 0.137 e. The van der Waals surface area contributed by atoms with Crippen LogP contribution in [0.3, 0.4) is 0 Å². The van der Waals surface area contributed by atoms with Gasteiger partial charge in [0.05, 0.1) is 22.3 Å². The molecule has 0 radical (unpaired) electrons. The highest BCUT2D eigenvalue weighted by atomic mass is 35.5. The zero-order valence-corrected chi connectivity index (χ0v) is 11.1. The van der Waals surface area contributed by atoms with Crippen molar-refractivity contribution < 1.29 is 0 Å². The number of aromatic nitrogens is 2. The van der Waals surface area contributed by atoms with Crippen molar-refractivity contribution in [2.45, 2.75) is 32.1 Å². The first-order valence-electron chi connectivity index (χ1n) is 5.16. The molecule has 0 aromatic carbocycles. The van der Waals surface area contributed by atoms with Crippen LogP contribution in [0.1, 0.15) is 32.2 Å². The van der Waals surface area contributed by atoms with Gasteiger partial charge in [-0.25, -0.2) is 4.98 Å². The van der Waals surface area contributed by atoms with E-state index in [0.29, 0.717) is 10.9 Å². The molecule has 0 saturated carbocycles. The summed E-state index contributed by atoms with van der Waals surface area (Å²) in [5, 5.41) is 0.691. The van der Waals surface area contributed by atoms with Crippen molar-refractivity contribution in [1.82, 2.24) is 9.38 Å². The zero-order valence-electron chi connectivity index (χ0n) is 9.59. The summed E-state index contributed by atoms with van der Waals surface area (Å²) in [6.07, 6.45) is 1.86. The standard InChI is InChI=1S/C12H14Cl2N2/c1-12(2,3)11-9(6-13)16-7-8(14)4-5-10(16)15-11/h4-5,7H,6H2,1-3H3. The van der Waals surface area contributed by atoms with Gasteiger partial charge in [-0.1, -0.05) is 32.4 Å². The lowest BCUT2D eigenvalue weighted by molar-refractivity contribution is 0.567. The molecule has 0 unspecified atom stereocenters. The van der Waals surface area contributed by atoms with Crippen LogP contribution in [-0.4, -0.2) is 9.38 Å². The lowest BCUT2D eigenvalue weighted by atomic mass is 9.91. The van der Waals surface area contributed by atoms with Gasteiger partial charge in [-0.3, -0.25) is 0 Å². The summed E-state index contributed by atoms with van der Waals surface area (Å²) in [5.74, 6) is 0.439. The molecular formula is C12H14Cl2N2. The highest BCUT2D eigenvalue weighted by molar-refractivity contribution is 6.30. The second-order valence-electron chi connectivity index (χ2n) is 4.87. The summed E-state index contributed by atoms with van der Waals surface area (Å²) in [6, 6.07) is 3.75. The Balaban J connectivity index is 2.77. The minimum absolute atomic E-state index is 0.0112. The quantitative estimate of drug-likeness (QED) is 0.705. The number of fused-ring (bicyclic) bond motifs is 1. The van der Waals surface area contributed by atoms with Crippen molar-refractivity contribution in [3.63, 3.8) is 0 Å². The molecule has 2 heterocycles. The molecular weight excluding hydrogens is 243 g/mol. The van der Waals surface area contributed by atoms with Crippen LogP contribution in [0, 0.1) is 0 Å². The number of imidazole rings is 1. The molecule has 0 aliphatic heterocycles. The first-order valence-corrected chi connectivity index (χ1v) is 6.07. The lowest BCUT2D eigenvalue weighted by Crippen LogP contribution is -2.14. The largest absolute Gasteiger partial charge is 0.301 e. The Morgan fingerprint density at radius 2 is 2.00 bits per heavy atom. The van der Waals surface area contributed by atoms with Crippen LogP contribution in [0.2, 0.25) is 5.02 Å². The highest BCUT2D eigenvalue weighted by Gasteiger charge is 2.23. The number of alkyl halides is 1. The minimum Gasteiger partial charge on any atom is -0.301 e. The Bertz CT molecular complexity index is 524. The van der Waals surface area contributed by atoms with Crippen molar-refractivity contribution in [2.75, 3.05) is 0 Å². The maximum absolute atomic E-state index is 6.01. The second-order valence-corrected chi connectivity index (χ2v) is 5.57. The molecule has 16 heavy (non-hydrogen) atoms. The molecule has 0 spiro atoms. The Kier molecular flexibility index (Phi) is 2.89. The van der Waals surface area contributed by atoms with Gasteiger partial charge in [-0.15, -0.1) is 11.6 Å². The van der Waals surface area contributed by atoms with Crippen LogP contribution in [0.4, 0.5) is 0 Å². The van der Waals surface area contributed by atoms with E-state index in [1.807, 2.05) is 22.7 Å². The number of halogens is 2. The molecule has 2 nitrogen and oxygen atoms in total. The van der Waals surface area contributed by atoms with E-state index in [0.717, 1.165) is 17.0 Å². The number of rotatable bonds is 1. The predicted molar refractivity (Wildman–Crippen MR) is 68.5 cm³/mol. The fraction of sp³-hybridized carbons (Fsp3) is 0.417. The summed E-state index contributed by atoms with van der Waals surface area (Å²) in [4.78, 5) is 4.62. The summed E-state index contributed by atoms with van der Waals surface area (Å²) in [5.41, 5.74) is 2.93. The first-order chi connectivity index (χ1) is 7.43. The molecule has 0 aliphatic rings. The molecule has 0 saturated heterocycles. The third kappa shape index (κ3) is 1.92. The van der Waals surface area contributed by atoms with Crippen molar-refractivity contribution in [1.29, 1.82) is 0 Å². The van der Waals surface area contributed by atoms with Gasteiger partial charge in [-0.2, -0.15) is 0 Å². The number of hydrogen-bond acceptors (Lipinski definition) is 1. The number of pyridine rings is 1. The molecule has 4 heteroatoms. The van der Waals surface area contributed by atoms with Gasteiger partial charge in [0.15, 0.2) is 0 Å². The fourth-order valence-electron chi connectivity index (χ4n) is 1.80. The van der Waals surface area contributed by atoms with Gasteiger partial charge in [0, 0.05) is 11.6 Å². The summed E-state index contributed by atoms with van der Waals surface area (Å²) in [7, 11) is 0. The Morgan fingerprint density at radius 1 is 1.31 bits per heavy atom. The van der Waals surface area contributed by atoms with E-state index in [1.54, 1.807) is 0 Å². The number of hydrogen-bond donors (Lipinski definition) is 0. The van der Waals surface area contributed by atoms with Gasteiger partial charge < -0.3 is 4.40 Å². The predicted octanol–water partition coefficient (Wildman–Crippen LogP) is 4.02. The third-order valence-electron chi connectivity index (χ3n) is 2.52. The average Bonchev–Trinajstić information content (AvgIpc) is 2.54. The van der Waals surface area contributed by atoms with Crippen LogP contribution in [0.15, 0.2) is 18.3 Å². The molecule has 0 fully saturated rings. The van der Waals surface area contributed by atoms with Gasteiger partial charge in [-0.05, 0) is 12.1 Å². The summed E-state index contributed by atoms with van der Waals surface area (Å²) >= 11 is 12.0. The van der Waals surface area contributed by atoms with Crippen molar-refractivity contribution in [3.8, 4) is 0 Å². The van der Waals surface area contributed by atoms with Crippen LogP contribution in [0.5, 0.6) is 0 Å². The zero-order chi connectivity index (χ0) is 11.9. The molecule has 0 amide bonds. The van der Waals surface area contributed by atoms with Gasteiger partial charge >= 0.3 is 0 Å². The number of nitrogens with zero attached hydrogens (tertiary/aromatic N) is 2. The maximum atomic E-state index is 6.01. The van der Waals surface area contributed by atoms with E-state index in [2.05, 4.69) is 25.8 Å². The normalized spacial score (nSPS) is 12.3. The molecule has 0 atom stereocenters. The van der Waals surface area contributed by atoms with Crippen molar-refractivity contribution >= 4 is 28.8 Å². The van der Waals surface area contributed by atoms with Crippen LogP contribution in [0.25, 0.3) is 5.65 Å². The average molecular weight is 257 g/mol. The lowest BCUT2D eigenvalue weighted by Gasteiger charge is -2.16. The van der Waals surface area contributed by atoms with Crippen molar-refractivity contribution in [3.05, 3.63) is 34.7 Å². The molecule has 0 bridgehead atoms. The Morgan fingerprint density at radius 3 is 2.56 bits per heavy atom. The minimum atomic E-state index is -0.0112. The van der Waals surface area contributed by atoms with Gasteiger partial charge in [0.1, 0.15) is 5.65 Å². The fourth-order valence-corrected chi connectivity index (χ4v) is 2.21. The van der Waals surface area contributed by atoms with E-state index in [1.165, 1.54) is 0 Å². The summed E-state index contributed by atoms with van der Waals surface area (Å²) < 4.78 is 1.97. The highest BCUT2D eigenvalue weighted by Crippen LogP contribution is 2.28. The van der Waals surface area contributed by atoms with Gasteiger partial charge in [0.25, 0.3) is 0 Å². The molecule has 2 rings (SSSR count). The topological polar surface area (TPSA) is 17.3 Å². The van der Waals surface area contributed by atoms with Crippen LogP contribution in [-0.2, 0) is 11.3 Å². The first kappa shape index (κ1) is 11.7. The SMILES string of the molecule is CC(C)(C)c1nc2ccc(Cl)cn2c1CCl. The van der Waals surface area contributed by atoms with E-state index in [9.17, 15) is 0 Å². The maximum Gasteiger partial charge on any atom is 0.137 e. The second kappa shape index (κ2) is 3.94. The Labute approximate surface area is 105 Å². The van der Waals surface area contributed by atoms with E-state index in [4.69, 9.17) is 23.2 Å². The molecule has 2 aromatic rings. The van der Waals surface area contributed by atoms with E-state index < -0.39 is 0 Å². The van der Waals surface area contributed by atoms with Crippen LogP contribution >= 0.6 is 23.2 Å². The third-order valence-corrected chi connectivity index (χ3v) is 3.00. The molecule has 2 aromatic heterocycles. The monoisotopic (exact) mass is 256 g/mol. The molecule has 0 aliphatic carbocycles.